The van der Waals surface area contributed by atoms with Crippen molar-refractivity contribution in [1.82, 2.24) is 10.6 Å². The third-order valence-corrected chi connectivity index (χ3v) is 3.31. The first kappa shape index (κ1) is 22.1. The van der Waals surface area contributed by atoms with Crippen molar-refractivity contribution in [2.24, 2.45) is 5.73 Å². The summed E-state index contributed by atoms with van der Waals surface area (Å²) in [6.45, 7) is 4.85. The monoisotopic (exact) mass is 314 g/mol. The van der Waals surface area contributed by atoms with Gasteiger partial charge in [-0.25, -0.2) is 0 Å². The zero-order valence-corrected chi connectivity index (χ0v) is 15.4. The van der Waals surface area contributed by atoms with E-state index in [1.165, 1.54) is 13.8 Å². The zero-order valence-electron chi connectivity index (χ0n) is 12.4. The fourth-order valence-electron chi connectivity index (χ4n) is 1.22. The minimum absolute atomic E-state index is 0. The summed E-state index contributed by atoms with van der Waals surface area (Å²) in [7, 11) is 0.724. The maximum atomic E-state index is 11.7. The fourth-order valence-corrected chi connectivity index (χ4v) is 1.82. The van der Waals surface area contributed by atoms with Gasteiger partial charge in [0.25, 0.3) is 0 Å². The molecule has 7 nitrogen and oxygen atoms in total. The van der Waals surface area contributed by atoms with Gasteiger partial charge in [-0.05, 0) is 33.1 Å². The molecule has 0 aromatic heterocycles. The van der Waals surface area contributed by atoms with Gasteiger partial charge in [0.05, 0.1) is 6.04 Å². The predicted molar refractivity (Wildman–Crippen MR) is 74.5 cm³/mol. The molecule has 0 aromatic rings. The summed E-state index contributed by atoms with van der Waals surface area (Å²) < 4.78 is 0. The van der Waals surface area contributed by atoms with Crippen LogP contribution in [0.2, 0.25) is 0 Å². The number of carboxylic acids is 1. The average molecular weight is 314 g/mol. The minimum atomic E-state index is -1.13. The molecule has 0 aliphatic rings. The van der Waals surface area contributed by atoms with Gasteiger partial charge in [-0.3, -0.25) is 14.4 Å². The van der Waals surface area contributed by atoms with E-state index in [1.54, 1.807) is 0 Å². The van der Waals surface area contributed by atoms with E-state index in [1.807, 2.05) is 6.66 Å². The Bertz CT molecular complexity index is 344. The van der Waals surface area contributed by atoms with E-state index in [0.29, 0.717) is 6.42 Å². The Morgan fingerprint density at radius 1 is 1.15 bits per heavy atom. The first-order chi connectivity index (χ1) is 8.79. The van der Waals surface area contributed by atoms with E-state index >= 15 is 0 Å². The van der Waals surface area contributed by atoms with E-state index in [0.717, 1.165) is 14.7 Å². The number of hydrogen-bond acceptors (Lipinski definition) is 4. The Morgan fingerprint density at radius 2 is 1.65 bits per heavy atom. The molecule has 4 atom stereocenters. The molecule has 0 bridgehead atoms. The summed E-state index contributed by atoms with van der Waals surface area (Å²) in [5.41, 5.74) is 5.67. The van der Waals surface area contributed by atoms with Gasteiger partial charge in [-0.1, -0.05) is 0 Å². The second-order valence-electron chi connectivity index (χ2n) is 4.30. The van der Waals surface area contributed by atoms with Gasteiger partial charge in [-0.15, -0.1) is 8.58 Å². The molecule has 0 aliphatic carbocycles. The first-order valence-corrected chi connectivity index (χ1v) is 7.74. The second kappa shape index (κ2) is 11.5. The van der Waals surface area contributed by atoms with Crippen LogP contribution in [0.3, 0.4) is 0 Å². The number of amides is 2. The molecule has 0 heterocycles. The van der Waals surface area contributed by atoms with Crippen molar-refractivity contribution < 1.29 is 49.0 Å². The quantitative estimate of drug-likeness (QED) is 0.270. The van der Waals surface area contributed by atoms with Crippen LogP contribution in [0.5, 0.6) is 0 Å². The number of hydrogen-bond donors (Lipinski definition) is 4. The molecule has 9 heteroatoms. The maximum Gasteiger partial charge on any atom is 1.00 e. The van der Waals surface area contributed by atoms with Gasteiger partial charge >= 0.3 is 35.5 Å². The van der Waals surface area contributed by atoms with Crippen LogP contribution in [0, 0.1) is 0 Å². The number of nitrogens with two attached hydrogens (primary N) is 1. The number of aliphatic carboxylic acids is 1. The fraction of sp³-hybridized carbons (Fsp3) is 0.727. The molecule has 0 aromatic carbocycles. The van der Waals surface area contributed by atoms with Crippen LogP contribution in [0.1, 0.15) is 20.3 Å². The van der Waals surface area contributed by atoms with Crippen LogP contribution in [0.15, 0.2) is 0 Å². The van der Waals surface area contributed by atoms with Crippen LogP contribution in [-0.4, -0.2) is 53.8 Å². The summed E-state index contributed by atoms with van der Waals surface area (Å²) in [5.74, 6) is -2.08. The summed E-state index contributed by atoms with van der Waals surface area (Å²) >= 11 is 0. The Morgan fingerprint density at radius 3 is 2.10 bits per heavy atom. The van der Waals surface area contributed by atoms with Crippen LogP contribution in [-0.2, 0) is 14.4 Å². The second-order valence-corrected chi connectivity index (χ2v) is 5.50. The molecular formula is C11H22N3NaO4P+. The topological polar surface area (TPSA) is 122 Å². The van der Waals surface area contributed by atoms with Gasteiger partial charge in [0, 0.05) is 0 Å². The van der Waals surface area contributed by atoms with Crippen LogP contribution >= 0.6 is 8.58 Å². The number of nitrogens with one attached hydrogen (secondary N) is 2. The smallest absolute Gasteiger partial charge is 0.480 e. The van der Waals surface area contributed by atoms with E-state index in [4.69, 9.17) is 10.8 Å². The summed E-state index contributed by atoms with van der Waals surface area (Å²) in [6.07, 6.45) is 1.44. The Kier molecular flexibility index (Phi) is 12.7. The Labute approximate surface area is 142 Å². The van der Waals surface area contributed by atoms with Gasteiger partial charge in [0.1, 0.15) is 12.1 Å². The maximum absolute atomic E-state index is 11.7. The number of carboxylic acid groups (broad SMARTS) is 1. The SMILES string of the molecule is CPCCC(N)C(=O)NC(C)C(=O)NC(C)C(=O)O.[Na+]. The van der Waals surface area contributed by atoms with Crippen molar-refractivity contribution in [3.8, 4) is 0 Å². The normalized spacial score (nSPS) is 15.0. The van der Waals surface area contributed by atoms with E-state index < -0.39 is 35.9 Å². The molecule has 0 saturated carbocycles. The van der Waals surface area contributed by atoms with Crippen molar-refractivity contribution in [1.29, 1.82) is 0 Å². The summed E-state index contributed by atoms with van der Waals surface area (Å²) in [5, 5.41) is 13.4. The molecule has 0 rings (SSSR count). The van der Waals surface area contributed by atoms with Crippen molar-refractivity contribution >= 4 is 26.4 Å². The number of rotatable bonds is 8. The molecule has 0 spiro atoms. The molecular weight excluding hydrogens is 292 g/mol. The molecule has 20 heavy (non-hydrogen) atoms. The van der Waals surface area contributed by atoms with Crippen molar-refractivity contribution in [3.05, 3.63) is 0 Å². The van der Waals surface area contributed by atoms with E-state index in [-0.39, 0.29) is 29.6 Å². The van der Waals surface area contributed by atoms with Crippen LogP contribution in [0.4, 0.5) is 0 Å². The Hall–Kier alpha value is -0.200. The first-order valence-electron chi connectivity index (χ1n) is 6.03. The molecule has 2 amide bonds. The molecule has 0 radical (unpaired) electrons. The van der Waals surface area contributed by atoms with Gasteiger partial charge in [-0.2, -0.15) is 0 Å². The average Bonchev–Trinajstić information content (AvgIpc) is 2.35. The van der Waals surface area contributed by atoms with Gasteiger partial charge in [0.15, 0.2) is 0 Å². The predicted octanol–water partition coefficient (Wildman–Crippen LogP) is -3.89. The van der Waals surface area contributed by atoms with Crippen LogP contribution < -0.4 is 45.9 Å². The van der Waals surface area contributed by atoms with Crippen molar-refractivity contribution in [3.63, 3.8) is 0 Å². The third-order valence-electron chi connectivity index (χ3n) is 2.52. The van der Waals surface area contributed by atoms with Crippen LogP contribution in [0.25, 0.3) is 0 Å². The molecule has 110 valence electrons. The summed E-state index contributed by atoms with van der Waals surface area (Å²) in [4.78, 5) is 33.8. The molecule has 4 unspecified atom stereocenters. The third kappa shape index (κ3) is 8.87. The van der Waals surface area contributed by atoms with Gasteiger partial charge < -0.3 is 21.5 Å². The van der Waals surface area contributed by atoms with Crippen molar-refractivity contribution in [2.45, 2.75) is 38.4 Å². The van der Waals surface area contributed by atoms with E-state index in [2.05, 4.69) is 10.6 Å². The number of carbonyl (C=O) groups excluding carboxylic acids is 2. The standard InChI is InChI=1S/C11H22N3O4P.Na/c1-6(9(15)14-7(2)11(17)18)13-10(16)8(12)4-5-19-3;/h6-8,19H,4-5,12H2,1-3H3,(H,13,16)(H,14,15)(H,17,18);/q;+1. The Balaban J connectivity index is 0. The molecule has 0 fully saturated rings. The molecule has 0 aliphatic heterocycles. The number of carbonyl (C=O) groups is 3. The zero-order chi connectivity index (χ0) is 15.0. The molecule has 5 N–H and O–H groups in total. The largest absolute Gasteiger partial charge is 1.00 e. The van der Waals surface area contributed by atoms with E-state index in [9.17, 15) is 14.4 Å². The van der Waals surface area contributed by atoms with Gasteiger partial charge in [0.2, 0.25) is 11.8 Å². The minimum Gasteiger partial charge on any atom is -0.480 e. The van der Waals surface area contributed by atoms with Crippen molar-refractivity contribution in [2.75, 3.05) is 12.8 Å². The summed E-state index contributed by atoms with van der Waals surface area (Å²) in [6, 6.07) is -2.45. The molecule has 0 saturated heterocycles.